The molecule has 2 bridgehead atoms. The van der Waals surface area contributed by atoms with Crippen molar-refractivity contribution >= 4 is 40.7 Å². The fraction of sp³-hybridized carbons (Fsp3) is 0.455. The van der Waals surface area contributed by atoms with Gasteiger partial charge in [-0.05, 0) is 71.5 Å². The summed E-state index contributed by atoms with van der Waals surface area (Å²) in [7, 11) is 1.63. The molecular formula is C22H28BrCl2FN2O2. The zero-order valence-corrected chi connectivity index (χ0v) is 20.1. The van der Waals surface area contributed by atoms with Crippen LogP contribution >= 0.6 is 40.7 Å². The van der Waals surface area contributed by atoms with Crippen LogP contribution in [0.1, 0.15) is 24.0 Å². The molecule has 2 aromatic rings. The van der Waals surface area contributed by atoms with Gasteiger partial charge in [0.2, 0.25) is 0 Å². The molecule has 0 aromatic heterocycles. The Hall–Kier alpha value is -1.05. The number of hydrogen-bond donors (Lipinski definition) is 1. The molecule has 1 atom stereocenters. The number of rotatable bonds is 7. The number of nitrogens with one attached hydrogen (secondary N) is 1. The van der Waals surface area contributed by atoms with E-state index in [-0.39, 0.29) is 37.2 Å². The van der Waals surface area contributed by atoms with E-state index in [1.807, 2.05) is 12.1 Å². The van der Waals surface area contributed by atoms with Gasteiger partial charge in [0.1, 0.15) is 12.4 Å². The quantitative estimate of drug-likeness (QED) is 0.542. The van der Waals surface area contributed by atoms with Crippen molar-refractivity contribution in [1.29, 1.82) is 0 Å². The van der Waals surface area contributed by atoms with Crippen LogP contribution in [0.15, 0.2) is 40.9 Å². The molecule has 1 N–H and O–H groups in total. The Kier molecular flexibility index (Phi) is 9.69. The van der Waals surface area contributed by atoms with Crippen LogP contribution in [-0.4, -0.2) is 37.7 Å². The van der Waals surface area contributed by atoms with Crippen LogP contribution in [-0.2, 0) is 13.2 Å². The Morgan fingerprint density at radius 2 is 1.90 bits per heavy atom. The lowest BCUT2D eigenvalue weighted by Gasteiger charge is -2.45. The largest absolute Gasteiger partial charge is 0.493 e. The van der Waals surface area contributed by atoms with Crippen molar-refractivity contribution in [2.75, 3.05) is 26.7 Å². The smallest absolute Gasteiger partial charge is 0.175 e. The van der Waals surface area contributed by atoms with E-state index in [0.29, 0.717) is 23.1 Å². The summed E-state index contributed by atoms with van der Waals surface area (Å²) < 4.78 is 26.1. The predicted octanol–water partition coefficient (Wildman–Crippen LogP) is 5.20. The number of hydrogen-bond acceptors (Lipinski definition) is 4. The first kappa shape index (κ1) is 25.2. The van der Waals surface area contributed by atoms with Crippen LogP contribution in [0.25, 0.3) is 0 Å². The van der Waals surface area contributed by atoms with Gasteiger partial charge in [-0.3, -0.25) is 0 Å². The SMILES string of the molecule is COc1cc(CNC2CN3CCC2CC3)cc(Br)c1OCc1ccccc1F.Cl.Cl. The second kappa shape index (κ2) is 11.5. The number of halogens is 4. The normalized spacial score (nSPS) is 22.0. The molecule has 0 saturated carbocycles. The van der Waals surface area contributed by atoms with Gasteiger partial charge in [-0.1, -0.05) is 18.2 Å². The summed E-state index contributed by atoms with van der Waals surface area (Å²) in [6, 6.07) is 11.2. The molecule has 5 rings (SSSR count). The molecule has 2 aromatic carbocycles. The van der Waals surface area contributed by atoms with Gasteiger partial charge in [-0.25, -0.2) is 4.39 Å². The molecule has 3 aliphatic rings. The lowest BCUT2D eigenvalue weighted by Crippen LogP contribution is -2.55. The molecule has 166 valence electrons. The number of ether oxygens (including phenoxy) is 2. The number of piperidine rings is 3. The summed E-state index contributed by atoms with van der Waals surface area (Å²) in [4.78, 5) is 2.55. The highest BCUT2D eigenvalue weighted by atomic mass is 79.9. The Labute approximate surface area is 198 Å². The third kappa shape index (κ3) is 5.80. The highest BCUT2D eigenvalue weighted by Gasteiger charge is 2.33. The minimum Gasteiger partial charge on any atom is -0.493 e. The van der Waals surface area contributed by atoms with E-state index in [4.69, 9.17) is 9.47 Å². The molecule has 3 saturated heterocycles. The molecule has 4 nitrogen and oxygen atoms in total. The highest BCUT2D eigenvalue weighted by Crippen LogP contribution is 2.37. The van der Waals surface area contributed by atoms with Crippen molar-refractivity contribution in [3.05, 3.63) is 57.8 Å². The Morgan fingerprint density at radius 3 is 2.53 bits per heavy atom. The number of fused-ring (bicyclic) bond motifs is 3. The Bertz CT molecular complexity index is 835. The van der Waals surface area contributed by atoms with Gasteiger partial charge in [0, 0.05) is 24.7 Å². The van der Waals surface area contributed by atoms with Crippen LogP contribution in [0.4, 0.5) is 4.39 Å². The maximum absolute atomic E-state index is 13.8. The number of benzene rings is 2. The standard InChI is InChI=1S/C22H26BrFN2O2.2ClH/c1-27-21-11-15(12-25-20-13-26-8-6-16(20)7-9-26)10-18(23)22(21)28-14-17-4-2-3-5-19(17)24;;/h2-5,10-11,16,20,25H,6-9,12-14H2,1H3;2*1H. The van der Waals surface area contributed by atoms with Crippen molar-refractivity contribution in [2.45, 2.75) is 32.0 Å². The second-order valence-corrected chi connectivity index (χ2v) is 8.47. The lowest BCUT2D eigenvalue weighted by molar-refractivity contribution is 0.0720. The zero-order valence-electron chi connectivity index (χ0n) is 16.9. The van der Waals surface area contributed by atoms with Crippen molar-refractivity contribution in [3.8, 4) is 11.5 Å². The molecule has 30 heavy (non-hydrogen) atoms. The van der Waals surface area contributed by atoms with Crippen LogP contribution in [0.3, 0.4) is 0 Å². The van der Waals surface area contributed by atoms with Gasteiger partial charge in [0.25, 0.3) is 0 Å². The summed E-state index contributed by atoms with van der Waals surface area (Å²) in [5, 5.41) is 3.72. The van der Waals surface area contributed by atoms with Gasteiger partial charge in [0.05, 0.1) is 11.6 Å². The third-order valence-electron chi connectivity index (χ3n) is 5.84. The summed E-state index contributed by atoms with van der Waals surface area (Å²) in [5.41, 5.74) is 1.66. The first-order valence-electron chi connectivity index (χ1n) is 9.82. The van der Waals surface area contributed by atoms with E-state index < -0.39 is 0 Å². The van der Waals surface area contributed by atoms with Gasteiger partial charge < -0.3 is 19.7 Å². The van der Waals surface area contributed by atoms with Crippen molar-refractivity contribution in [3.63, 3.8) is 0 Å². The highest BCUT2D eigenvalue weighted by molar-refractivity contribution is 9.10. The fourth-order valence-corrected chi connectivity index (χ4v) is 4.83. The lowest BCUT2D eigenvalue weighted by atomic mass is 9.84. The molecule has 0 amide bonds. The first-order valence-corrected chi connectivity index (χ1v) is 10.6. The summed E-state index contributed by atoms with van der Waals surface area (Å²) in [6.45, 7) is 4.58. The van der Waals surface area contributed by atoms with Crippen LogP contribution < -0.4 is 14.8 Å². The maximum atomic E-state index is 13.8. The number of methoxy groups -OCH3 is 1. The van der Waals surface area contributed by atoms with E-state index in [1.54, 1.807) is 25.3 Å². The molecule has 3 fully saturated rings. The van der Waals surface area contributed by atoms with Gasteiger partial charge in [-0.2, -0.15) is 0 Å². The monoisotopic (exact) mass is 520 g/mol. The third-order valence-corrected chi connectivity index (χ3v) is 6.43. The van der Waals surface area contributed by atoms with Crippen molar-refractivity contribution in [2.24, 2.45) is 5.92 Å². The summed E-state index contributed by atoms with van der Waals surface area (Å²) >= 11 is 3.59. The fourth-order valence-electron chi connectivity index (χ4n) is 4.23. The van der Waals surface area contributed by atoms with Gasteiger partial charge in [0.15, 0.2) is 11.5 Å². The molecule has 0 spiro atoms. The molecule has 1 unspecified atom stereocenters. The van der Waals surface area contributed by atoms with E-state index in [2.05, 4.69) is 26.1 Å². The summed E-state index contributed by atoms with van der Waals surface area (Å²) in [5.74, 6) is 1.77. The average Bonchev–Trinajstić information content (AvgIpc) is 2.73. The molecule has 0 radical (unpaired) electrons. The Morgan fingerprint density at radius 1 is 1.17 bits per heavy atom. The molecule has 8 heteroatoms. The zero-order chi connectivity index (χ0) is 19.5. The van der Waals surface area contributed by atoms with E-state index in [9.17, 15) is 4.39 Å². The van der Waals surface area contributed by atoms with Crippen molar-refractivity contribution in [1.82, 2.24) is 10.2 Å². The van der Waals surface area contributed by atoms with Gasteiger partial charge in [-0.15, -0.1) is 24.8 Å². The van der Waals surface area contributed by atoms with Crippen LogP contribution in [0.2, 0.25) is 0 Å². The first-order chi connectivity index (χ1) is 13.6. The molecule has 3 aliphatic heterocycles. The maximum Gasteiger partial charge on any atom is 0.175 e. The predicted molar refractivity (Wildman–Crippen MR) is 126 cm³/mol. The van der Waals surface area contributed by atoms with Crippen molar-refractivity contribution < 1.29 is 13.9 Å². The Balaban J connectivity index is 0.00000160. The molecule has 3 heterocycles. The minimum atomic E-state index is -0.268. The van der Waals surface area contributed by atoms with E-state index >= 15 is 0 Å². The number of nitrogens with zero attached hydrogens (tertiary/aromatic N) is 1. The van der Waals surface area contributed by atoms with E-state index in [0.717, 1.165) is 29.0 Å². The summed E-state index contributed by atoms with van der Waals surface area (Å²) in [6.07, 6.45) is 2.60. The second-order valence-electron chi connectivity index (χ2n) is 7.61. The average molecular weight is 522 g/mol. The van der Waals surface area contributed by atoms with Gasteiger partial charge >= 0.3 is 0 Å². The minimum absolute atomic E-state index is 0. The topological polar surface area (TPSA) is 33.7 Å². The molecule has 0 aliphatic carbocycles. The van der Waals surface area contributed by atoms with Crippen LogP contribution in [0, 0.1) is 11.7 Å². The molecular weight excluding hydrogens is 494 g/mol. The van der Waals surface area contributed by atoms with Crippen LogP contribution in [0.5, 0.6) is 11.5 Å². The van der Waals surface area contributed by atoms with E-state index in [1.165, 1.54) is 32.0 Å².